The summed E-state index contributed by atoms with van der Waals surface area (Å²) in [5, 5.41) is 5.83. The highest BCUT2D eigenvalue weighted by molar-refractivity contribution is 5.84. The molecule has 0 aromatic heterocycles. The summed E-state index contributed by atoms with van der Waals surface area (Å²) in [5.74, 6) is 2.82. The van der Waals surface area contributed by atoms with Gasteiger partial charge in [-0.2, -0.15) is 0 Å². The lowest BCUT2D eigenvalue weighted by Gasteiger charge is -2.16. The molecule has 0 amide bonds. The molecular formula is C22H25NO4. The summed E-state index contributed by atoms with van der Waals surface area (Å²) in [6.45, 7) is 1.41. The molecule has 0 atom stereocenters. The molecular weight excluding hydrogens is 342 g/mol. The molecule has 0 aliphatic carbocycles. The van der Waals surface area contributed by atoms with E-state index in [4.69, 9.17) is 18.9 Å². The molecule has 0 spiro atoms. The van der Waals surface area contributed by atoms with Gasteiger partial charge in [0.25, 0.3) is 0 Å². The van der Waals surface area contributed by atoms with E-state index in [-0.39, 0.29) is 0 Å². The first-order valence-corrected chi connectivity index (χ1v) is 8.75. The molecule has 0 fully saturated rings. The van der Waals surface area contributed by atoms with E-state index >= 15 is 0 Å². The Kier molecular flexibility index (Phi) is 6.04. The van der Waals surface area contributed by atoms with Crippen LogP contribution in [0.1, 0.15) is 11.1 Å². The molecule has 3 aromatic rings. The molecule has 0 aliphatic rings. The Morgan fingerprint density at radius 2 is 1.41 bits per heavy atom. The molecule has 3 rings (SSSR count). The van der Waals surface area contributed by atoms with Crippen molar-refractivity contribution in [2.24, 2.45) is 0 Å². The molecule has 27 heavy (non-hydrogen) atoms. The largest absolute Gasteiger partial charge is 0.497 e. The second-order valence-electron chi connectivity index (χ2n) is 6.14. The third-order valence-electron chi connectivity index (χ3n) is 4.54. The van der Waals surface area contributed by atoms with Crippen molar-refractivity contribution in [2.45, 2.75) is 13.1 Å². The summed E-state index contributed by atoms with van der Waals surface area (Å²) in [6.07, 6.45) is 0. The lowest BCUT2D eigenvalue weighted by atomic mass is 10.1. The quantitative estimate of drug-likeness (QED) is 0.648. The van der Waals surface area contributed by atoms with Crippen molar-refractivity contribution in [3.05, 3.63) is 59.7 Å². The van der Waals surface area contributed by atoms with Gasteiger partial charge >= 0.3 is 0 Å². The molecule has 0 unspecified atom stereocenters. The number of benzene rings is 3. The van der Waals surface area contributed by atoms with E-state index < -0.39 is 0 Å². The van der Waals surface area contributed by atoms with Crippen LogP contribution >= 0.6 is 0 Å². The molecule has 5 nitrogen and oxygen atoms in total. The Morgan fingerprint density at radius 1 is 0.667 bits per heavy atom. The first-order chi connectivity index (χ1) is 13.2. The van der Waals surface area contributed by atoms with Crippen LogP contribution in [0.2, 0.25) is 0 Å². The van der Waals surface area contributed by atoms with Gasteiger partial charge in [0.05, 0.1) is 28.4 Å². The molecule has 0 radical (unpaired) electrons. The van der Waals surface area contributed by atoms with Crippen LogP contribution in [0.3, 0.4) is 0 Å². The van der Waals surface area contributed by atoms with E-state index in [1.807, 2.05) is 24.3 Å². The third-order valence-corrected chi connectivity index (χ3v) is 4.54. The summed E-state index contributed by atoms with van der Waals surface area (Å²) in [5.41, 5.74) is 2.23. The highest BCUT2D eigenvalue weighted by atomic mass is 16.5. The predicted molar refractivity (Wildman–Crippen MR) is 107 cm³/mol. The van der Waals surface area contributed by atoms with Crippen LogP contribution in [-0.4, -0.2) is 28.4 Å². The molecule has 0 aliphatic heterocycles. The Hall–Kier alpha value is -2.92. The van der Waals surface area contributed by atoms with Crippen molar-refractivity contribution in [3.63, 3.8) is 0 Å². The van der Waals surface area contributed by atoms with Crippen molar-refractivity contribution in [1.29, 1.82) is 0 Å². The van der Waals surface area contributed by atoms with Crippen molar-refractivity contribution >= 4 is 10.8 Å². The minimum atomic E-state index is 0.610. The summed E-state index contributed by atoms with van der Waals surface area (Å²) >= 11 is 0. The highest BCUT2D eigenvalue weighted by Crippen LogP contribution is 2.39. The fraction of sp³-hybridized carbons (Fsp3) is 0.273. The normalized spacial score (nSPS) is 10.7. The molecule has 5 heteroatoms. The van der Waals surface area contributed by atoms with Gasteiger partial charge < -0.3 is 24.3 Å². The standard InChI is InChI=1S/C22H25NO4/c1-24-19-9-7-16-11-15(5-6-17(16)12-19)13-23-14-18-8-10-20(25-2)22(27-4)21(18)26-3/h5-12,23H,13-14H2,1-4H3. The average Bonchev–Trinajstić information content (AvgIpc) is 2.72. The van der Waals surface area contributed by atoms with E-state index in [0.29, 0.717) is 23.8 Å². The first kappa shape index (κ1) is 18.9. The van der Waals surface area contributed by atoms with E-state index in [1.165, 1.54) is 16.3 Å². The summed E-state index contributed by atoms with van der Waals surface area (Å²) in [4.78, 5) is 0. The molecule has 0 heterocycles. The SMILES string of the molecule is COc1ccc2cc(CNCc3ccc(OC)c(OC)c3OC)ccc2c1. The number of rotatable bonds is 8. The first-order valence-electron chi connectivity index (χ1n) is 8.75. The zero-order chi connectivity index (χ0) is 19.2. The van der Waals surface area contributed by atoms with Gasteiger partial charge in [0.2, 0.25) is 5.75 Å². The van der Waals surface area contributed by atoms with Gasteiger partial charge in [-0.25, -0.2) is 0 Å². The van der Waals surface area contributed by atoms with E-state index in [9.17, 15) is 0 Å². The topological polar surface area (TPSA) is 49.0 Å². The van der Waals surface area contributed by atoms with Gasteiger partial charge in [0.1, 0.15) is 5.75 Å². The molecule has 1 N–H and O–H groups in total. The van der Waals surface area contributed by atoms with E-state index in [2.05, 4.69) is 29.6 Å². The summed E-state index contributed by atoms with van der Waals surface area (Å²) < 4.78 is 21.6. The zero-order valence-corrected chi connectivity index (χ0v) is 16.2. The number of hydrogen-bond acceptors (Lipinski definition) is 5. The molecule has 3 aromatic carbocycles. The predicted octanol–water partition coefficient (Wildman–Crippen LogP) is 4.16. The van der Waals surface area contributed by atoms with Gasteiger partial charge in [-0.1, -0.05) is 24.3 Å². The second-order valence-corrected chi connectivity index (χ2v) is 6.14. The maximum Gasteiger partial charge on any atom is 0.203 e. The van der Waals surface area contributed by atoms with Crippen molar-refractivity contribution in [1.82, 2.24) is 5.32 Å². The highest BCUT2D eigenvalue weighted by Gasteiger charge is 2.15. The summed E-state index contributed by atoms with van der Waals surface area (Å²) in [6, 6.07) is 16.4. The molecule has 142 valence electrons. The van der Waals surface area contributed by atoms with Crippen LogP contribution < -0.4 is 24.3 Å². The average molecular weight is 367 g/mol. The minimum absolute atomic E-state index is 0.610. The van der Waals surface area contributed by atoms with E-state index in [0.717, 1.165) is 17.9 Å². The maximum absolute atomic E-state index is 5.54. The van der Waals surface area contributed by atoms with E-state index in [1.54, 1.807) is 28.4 Å². The fourth-order valence-corrected chi connectivity index (χ4v) is 3.15. The monoisotopic (exact) mass is 367 g/mol. The fourth-order valence-electron chi connectivity index (χ4n) is 3.15. The van der Waals surface area contributed by atoms with Crippen LogP contribution in [0.15, 0.2) is 48.5 Å². The Morgan fingerprint density at radius 3 is 2.11 bits per heavy atom. The number of methoxy groups -OCH3 is 4. The van der Waals surface area contributed by atoms with Crippen molar-refractivity contribution in [3.8, 4) is 23.0 Å². The molecule has 0 bridgehead atoms. The van der Waals surface area contributed by atoms with Crippen LogP contribution in [0, 0.1) is 0 Å². The Bertz CT molecular complexity index is 924. The lowest BCUT2D eigenvalue weighted by molar-refractivity contribution is 0.321. The number of fused-ring (bicyclic) bond motifs is 1. The van der Waals surface area contributed by atoms with Gasteiger partial charge in [0.15, 0.2) is 11.5 Å². The smallest absolute Gasteiger partial charge is 0.203 e. The van der Waals surface area contributed by atoms with Gasteiger partial charge in [-0.15, -0.1) is 0 Å². The zero-order valence-electron chi connectivity index (χ0n) is 16.2. The number of nitrogens with one attached hydrogen (secondary N) is 1. The van der Waals surface area contributed by atoms with Crippen LogP contribution in [-0.2, 0) is 13.1 Å². The van der Waals surface area contributed by atoms with Crippen LogP contribution in [0.4, 0.5) is 0 Å². The molecule has 0 saturated heterocycles. The molecule has 0 saturated carbocycles. The third kappa shape index (κ3) is 4.09. The summed E-state index contributed by atoms with van der Waals surface area (Å²) in [7, 11) is 6.55. The van der Waals surface area contributed by atoms with Gasteiger partial charge in [-0.05, 0) is 40.6 Å². The maximum atomic E-state index is 5.54. The Labute approximate surface area is 159 Å². The van der Waals surface area contributed by atoms with Gasteiger partial charge in [0, 0.05) is 18.7 Å². The van der Waals surface area contributed by atoms with Crippen molar-refractivity contribution < 1.29 is 18.9 Å². The van der Waals surface area contributed by atoms with Gasteiger partial charge in [-0.3, -0.25) is 0 Å². The number of ether oxygens (including phenoxy) is 4. The number of hydrogen-bond donors (Lipinski definition) is 1. The van der Waals surface area contributed by atoms with Crippen LogP contribution in [0.5, 0.6) is 23.0 Å². The van der Waals surface area contributed by atoms with Crippen LogP contribution in [0.25, 0.3) is 10.8 Å². The Balaban J connectivity index is 1.72. The van der Waals surface area contributed by atoms with Crippen molar-refractivity contribution in [2.75, 3.05) is 28.4 Å². The lowest BCUT2D eigenvalue weighted by Crippen LogP contribution is -2.13. The minimum Gasteiger partial charge on any atom is -0.497 e. The second kappa shape index (κ2) is 8.64.